The summed E-state index contributed by atoms with van der Waals surface area (Å²) in [5.41, 5.74) is 2.43. The molecular formula is C13H20FNO2. The Morgan fingerprint density at radius 3 is 3.00 bits per heavy atom. The van der Waals surface area contributed by atoms with Crippen LogP contribution in [0.25, 0.3) is 0 Å². The summed E-state index contributed by atoms with van der Waals surface area (Å²) in [6, 6.07) is 0. The molecule has 1 aliphatic rings. The zero-order valence-corrected chi connectivity index (χ0v) is 10.3. The largest absolute Gasteiger partial charge is 0.447 e. The van der Waals surface area contributed by atoms with Gasteiger partial charge in [-0.25, -0.2) is 9.18 Å². The number of allylic oxidation sites excluding steroid dienone is 2. The van der Waals surface area contributed by atoms with Crippen LogP contribution in [0.1, 0.15) is 26.2 Å². The van der Waals surface area contributed by atoms with Crippen molar-refractivity contribution in [3.05, 3.63) is 23.8 Å². The van der Waals surface area contributed by atoms with E-state index >= 15 is 0 Å². The van der Waals surface area contributed by atoms with Gasteiger partial charge in [-0.1, -0.05) is 23.8 Å². The van der Waals surface area contributed by atoms with E-state index in [1.54, 1.807) is 0 Å². The summed E-state index contributed by atoms with van der Waals surface area (Å²) in [6.07, 6.45) is 4.65. The van der Waals surface area contributed by atoms with Crippen LogP contribution in [0, 0.1) is 5.92 Å². The lowest BCUT2D eigenvalue weighted by Gasteiger charge is -2.22. The fourth-order valence-electron chi connectivity index (χ4n) is 1.86. The molecule has 1 rings (SSSR count). The van der Waals surface area contributed by atoms with Gasteiger partial charge in [0.2, 0.25) is 0 Å². The average molecular weight is 241 g/mol. The predicted octanol–water partition coefficient (Wildman–Crippen LogP) is 2.98. The highest BCUT2D eigenvalue weighted by Crippen LogP contribution is 2.27. The zero-order valence-electron chi connectivity index (χ0n) is 10.3. The first-order chi connectivity index (χ1) is 8.13. The van der Waals surface area contributed by atoms with Crippen LogP contribution in [0.15, 0.2) is 23.8 Å². The van der Waals surface area contributed by atoms with E-state index in [9.17, 15) is 9.18 Å². The van der Waals surface area contributed by atoms with E-state index in [0.717, 1.165) is 19.3 Å². The fraction of sp³-hybridized carbons (Fsp3) is 0.615. The number of rotatable bonds is 5. The van der Waals surface area contributed by atoms with E-state index in [-0.39, 0.29) is 6.61 Å². The number of amides is 1. The molecule has 0 aromatic heterocycles. The predicted molar refractivity (Wildman–Crippen MR) is 65.6 cm³/mol. The summed E-state index contributed by atoms with van der Waals surface area (Å²) < 4.78 is 16.3. The minimum absolute atomic E-state index is 0.178. The number of hydrogen-bond donors (Lipinski definition) is 1. The van der Waals surface area contributed by atoms with Gasteiger partial charge >= 0.3 is 6.09 Å². The minimum Gasteiger partial charge on any atom is -0.447 e. The van der Waals surface area contributed by atoms with E-state index in [2.05, 4.69) is 29.6 Å². The molecule has 1 atom stereocenters. The normalized spacial score (nSPS) is 19.4. The zero-order chi connectivity index (χ0) is 12.7. The van der Waals surface area contributed by atoms with Crippen molar-refractivity contribution in [2.45, 2.75) is 26.2 Å². The summed E-state index contributed by atoms with van der Waals surface area (Å²) in [5, 5.41) is 2.61. The Balaban J connectivity index is 2.25. The van der Waals surface area contributed by atoms with Gasteiger partial charge in [-0.15, -0.1) is 0 Å². The molecule has 0 aliphatic heterocycles. The molecule has 0 aromatic rings. The number of hydrogen-bond acceptors (Lipinski definition) is 2. The SMILES string of the molecule is C=C(C)C1CC=C(CNC(=O)OCCF)CC1. The highest BCUT2D eigenvalue weighted by Gasteiger charge is 2.15. The Hall–Kier alpha value is -1.32. The smallest absolute Gasteiger partial charge is 0.407 e. The van der Waals surface area contributed by atoms with Crippen molar-refractivity contribution in [2.24, 2.45) is 5.92 Å². The first kappa shape index (κ1) is 13.7. The molecule has 3 nitrogen and oxygen atoms in total. The molecule has 1 N–H and O–H groups in total. The van der Waals surface area contributed by atoms with Crippen molar-refractivity contribution in [3.8, 4) is 0 Å². The van der Waals surface area contributed by atoms with Crippen LogP contribution in [-0.4, -0.2) is 25.9 Å². The van der Waals surface area contributed by atoms with Crippen molar-refractivity contribution in [1.29, 1.82) is 0 Å². The molecular weight excluding hydrogens is 221 g/mol. The first-order valence-corrected chi connectivity index (χ1v) is 5.93. The molecule has 1 unspecified atom stereocenters. The van der Waals surface area contributed by atoms with Crippen molar-refractivity contribution >= 4 is 6.09 Å². The van der Waals surface area contributed by atoms with Gasteiger partial charge in [0.25, 0.3) is 0 Å². The molecule has 0 radical (unpaired) electrons. The minimum atomic E-state index is -0.642. The van der Waals surface area contributed by atoms with Gasteiger partial charge in [-0.3, -0.25) is 0 Å². The second-order valence-electron chi connectivity index (χ2n) is 4.36. The number of ether oxygens (including phenoxy) is 1. The summed E-state index contributed by atoms with van der Waals surface area (Å²) in [4.78, 5) is 11.1. The van der Waals surface area contributed by atoms with Gasteiger partial charge in [0.05, 0.1) is 0 Å². The van der Waals surface area contributed by atoms with E-state index in [1.807, 2.05) is 0 Å². The van der Waals surface area contributed by atoms with Crippen LogP contribution in [0.3, 0.4) is 0 Å². The third kappa shape index (κ3) is 5.02. The van der Waals surface area contributed by atoms with Gasteiger partial charge in [-0.05, 0) is 32.1 Å². The van der Waals surface area contributed by atoms with Gasteiger partial charge < -0.3 is 10.1 Å². The second kappa shape index (κ2) is 7.09. The van der Waals surface area contributed by atoms with Gasteiger partial charge in [0.1, 0.15) is 13.3 Å². The Morgan fingerprint density at radius 2 is 2.47 bits per heavy atom. The van der Waals surface area contributed by atoms with E-state index in [1.165, 1.54) is 11.1 Å². The summed E-state index contributed by atoms with van der Waals surface area (Å²) in [7, 11) is 0. The Morgan fingerprint density at radius 1 is 1.71 bits per heavy atom. The standard InChI is InChI=1S/C13H20FNO2/c1-10(2)12-5-3-11(4-6-12)9-15-13(16)17-8-7-14/h3,12H,1,4-9H2,2H3,(H,15,16). The highest BCUT2D eigenvalue weighted by atomic mass is 19.1. The molecule has 0 saturated carbocycles. The molecule has 17 heavy (non-hydrogen) atoms. The third-order valence-corrected chi connectivity index (χ3v) is 2.97. The summed E-state index contributed by atoms with van der Waals surface area (Å²) in [6.45, 7) is 5.68. The average Bonchev–Trinajstić information content (AvgIpc) is 2.34. The van der Waals surface area contributed by atoms with Crippen LogP contribution >= 0.6 is 0 Å². The number of halogens is 1. The second-order valence-corrected chi connectivity index (χ2v) is 4.36. The molecule has 0 heterocycles. The molecule has 0 fully saturated rings. The highest BCUT2D eigenvalue weighted by molar-refractivity contribution is 5.67. The topological polar surface area (TPSA) is 38.3 Å². The molecule has 96 valence electrons. The lowest BCUT2D eigenvalue weighted by atomic mass is 9.85. The number of nitrogens with one attached hydrogen (secondary N) is 1. The van der Waals surface area contributed by atoms with Gasteiger partial charge in [0, 0.05) is 6.54 Å². The molecule has 1 amide bonds. The van der Waals surface area contributed by atoms with Gasteiger partial charge in [0.15, 0.2) is 0 Å². The Kier molecular flexibility index (Phi) is 5.73. The summed E-state index contributed by atoms with van der Waals surface area (Å²) >= 11 is 0. The van der Waals surface area contributed by atoms with Crippen LogP contribution in [0.2, 0.25) is 0 Å². The number of carbonyl (C=O) groups excluding carboxylic acids is 1. The van der Waals surface area contributed by atoms with E-state index in [0.29, 0.717) is 12.5 Å². The molecule has 1 aliphatic carbocycles. The van der Waals surface area contributed by atoms with Crippen molar-refractivity contribution in [2.75, 3.05) is 19.8 Å². The first-order valence-electron chi connectivity index (χ1n) is 5.93. The van der Waals surface area contributed by atoms with Crippen LogP contribution in [-0.2, 0) is 4.74 Å². The number of alkyl halides is 1. The fourth-order valence-corrected chi connectivity index (χ4v) is 1.86. The third-order valence-electron chi connectivity index (χ3n) is 2.97. The Bertz CT molecular complexity index is 313. The molecule has 4 heteroatoms. The Labute approximate surface area is 102 Å². The van der Waals surface area contributed by atoms with Crippen LogP contribution in [0.5, 0.6) is 0 Å². The van der Waals surface area contributed by atoms with Crippen LogP contribution < -0.4 is 5.32 Å². The summed E-state index contributed by atoms with van der Waals surface area (Å²) in [5.74, 6) is 0.567. The van der Waals surface area contributed by atoms with Crippen molar-refractivity contribution < 1.29 is 13.9 Å². The van der Waals surface area contributed by atoms with Crippen molar-refractivity contribution in [3.63, 3.8) is 0 Å². The monoisotopic (exact) mass is 241 g/mol. The van der Waals surface area contributed by atoms with Crippen molar-refractivity contribution in [1.82, 2.24) is 5.32 Å². The lowest BCUT2D eigenvalue weighted by molar-refractivity contribution is 0.138. The van der Waals surface area contributed by atoms with Crippen LogP contribution in [0.4, 0.5) is 9.18 Å². The van der Waals surface area contributed by atoms with E-state index in [4.69, 9.17) is 0 Å². The maximum Gasteiger partial charge on any atom is 0.407 e. The molecule has 0 spiro atoms. The maximum absolute atomic E-state index is 11.7. The van der Waals surface area contributed by atoms with Gasteiger partial charge in [-0.2, -0.15) is 0 Å². The number of carbonyl (C=O) groups is 1. The molecule has 0 aromatic carbocycles. The van der Waals surface area contributed by atoms with E-state index < -0.39 is 12.8 Å². The number of alkyl carbamates (subject to hydrolysis) is 1. The molecule has 0 saturated heterocycles. The molecule has 0 bridgehead atoms. The lowest BCUT2D eigenvalue weighted by Crippen LogP contribution is -2.27. The maximum atomic E-state index is 11.7. The quantitative estimate of drug-likeness (QED) is 0.751.